The van der Waals surface area contributed by atoms with E-state index in [1.807, 2.05) is 12.1 Å². The van der Waals surface area contributed by atoms with E-state index in [1.165, 1.54) is 24.3 Å². The summed E-state index contributed by atoms with van der Waals surface area (Å²) in [5.74, 6) is -34.8. The first-order chi connectivity index (χ1) is 14.5. The highest BCUT2D eigenvalue weighted by molar-refractivity contribution is 7.55. The summed E-state index contributed by atoms with van der Waals surface area (Å²) in [6.45, 7) is 0. The molecule has 12 heteroatoms. The van der Waals surface area contributed by atoms with Gasteiger partial charge in [-0.1, -0.05) is 63.2 Å². The summed E-state index contributed by atoms with van der Waals surface area (Å²) >= 11 is 0. The second kappa shape index (κ2) is 7.57. The fourth-order valence-electron chi connectivity index (χ4n) is 3.36. The second-order valence-electron chi connectivity index (χ2n) is 7.36. The maximum Gasteiger partial charge on any atom is 0.384 e. The van der Waals surface area contributed by atoms with E-state index in [0.29, 0.717) is 5.30 Å². The summed E-state index contributed by atoms with van der Waals surface area (Å²) in [7, 11) is 0.138. The van der Waals surface area contributed by atoms with Crippen molar-refractivity contribution in [2.24, 2.45) is 0 Å². The van der Waals surface area contributed by atoms with Crippen molar-refractivity contribution in [1.29, 1.82) is 0 Å². The summed E-state index contributed by atoms with van der Waals surface area (Å²) in [4.78, 5) is 0. The Labute approximate surface area is 176 Å². The Morgan fingerprint density at radius 3 is 1.38 bits per heavy atom. The third kappa shape index (κ3) is 3.22. The van der Waals surface area contributed by atoms with Crippen LogP contribution in [0.4, 0.5) is 48.3 Å². The molecular weight excluding hydrogens is 480 g/mol. The smallest absolute Gasteiger partial charge is 0.230 e. The van der Waals surface area contributed by atoms with E-state index >= 15 is 0 Å². The number of halogens is 11. The molecule has 0 radical (unpaired) electrons. The predicted molar refractivity (Wildman–Crippen MR) is 97.4 cm³/mol. The van der Waals surface area contributed by atoms with E-state index in [9.17, 15) is 48.3 Å². The van der Waals surface area contributed by atoms with Crippen molar-refractivity contribution in [3.05, 3.63) is 60.2 Å². The van der Waals surface area contributed by atoms with Crippen molar-refractivity contribution in [1.82, 2.24) is 0 Å². The first-order valence-corrected chi connectivity index (χ1v) is 10.0. The van der Waals surface area contributed by atoms with Crippen LogP contribution in [-0.2, 0) is 6.42 Å². The van der Waals surface area contributed by atoms with Crippen LogP contribution in [0.5, 0.6) is 0 Å². The van der Waals surface area contributed by atoms with Gasteiger partial charge in [0, 0.05) is 0 Å². The molecule has 0 nitrogen and oxygen atoms in total. The molecule has 0 N–H and O–H groups in total. The number of benzene rings is 2. The molecular formula is C20H14F11P. The highest BCUT2D eigenvalue weighted by Gasteiger charge is 3.00. The number of alkyl halides is 11. The number of hydrogen-bond acceptors (Lipinski definition) is 0. The first-order valence-electron chi connectivity index (χ1n) is 9.02. The van der Waals surface area contributed by atoms with Crippen LogP contribution in [0.15, 0.2) is 54.6 Å². The molecule has 0 bridgehead atoms. The molecule has 0 spiro atoms. The van der Waals surface area contributed by atoms with Crippen LogP contribution in [0.25, 0.3) is 0 Å². The molecule has 1 unspecified atom stereocenters. The largest absolute Gasteiger partial charge is 0.384 e. The molecule has 176 valence electrons. The standard InChI is InChI=1S/C20H14F11P/c21-15(16(22,23)18(26,27)20(30,31)19(28,29)17(15,24)25)11-10-12-6-8-14(9-7-12)32-13-4-2-1-3-5-13/h1-9,32H,10-11H2. The van der Waals surface area contributed by atoms with E-state index in [0.717, 1.165) is 5.30 Å². The molecule has 0 heterocycles. The lowest BCUT2D eigenvalue weighted by Gasteiger charge is -2.52. The van der Waals surface area contributed by atoms with Gasteiger partial charge in [0.05, 0.1) is 0 Å². The van der Waals surface area contributed by atoms with Crippen molar-refractivity contribution in [3.8, 4) is 0 Å². The average molecular weight is 494 g/mol. The second-order valence-corrected chi connectivity index (χ2v) is 8.77. The Morgan fingerprint density at radius 1 is 0.500 bits per heavy atom. The van der Waals surface area contributed by atoms with Crippen LogP contribution in [0, 0.1) is 0 Å². The highest BCUT2D eigenvalue weighted by atomic mass is 31.1. The Balaban J connectivity index is 1.87. The zero-order chi connectivity index (χ0) is 24.2. The average Bonchev–Trinajstić information content (AvgIpc) is 2.72. The molecule has 1 fully saturated rings. The topological polar surface area (TPSA) is 0 Å². The Bertz CT molecular complexity index is 925. The molecule has 2 aromatic rings. The maximum absolute atomic E-state index is 14.7. The summed E-state index contributed by atoms with van der Waals surface area (Å²) in [5, 5.41) is 1.61. The van der Waals surface area contributed by atoms with Crippen LogP contribution in [0.3, 0.4) is 0 Å². The van der Waals surface area contributed by atoms with Crippen LogP contribution < -0.4 is 10.6 Å². The van der Waals surface area contributed by atoms with Crippen LogP contribution in [0.2, 0.25) is 0 Å². The summed E-state index contributed by atoms with van der Waals surface area (Å²) < 4.78 is 151. The zero-order valence-corrected chi connectivity index (χ0v) is 16.8. The molecule has 2 aromatic carbocycles. The third-order valence-corrected chi connectivity index (χ3v) is 6.59. The van der Waals surface area contributed by atoms with E-state index in [1.54, 1.807) is 18.2 Å². The van der Waals surface area contributed by atoms with Gasteiger partial charge in [-0.2, -0.15) is 43.9 Å². The van der Waals surface area contributed by atoms with Crippen molar-refractivity contribution in [2.75, 3.05) is 0 Å². The predicted octanol–water partition coefficient (Wildman–Crippen LogP) is 6.15. The number of aryl methyl sites for hydroxylation is 1. The highest BCUT2D eigenvalue weighted by Crippen LogP contribution is 2.70. The molecule has 0 aromatic heterocycles. The Hall–Kier alpha value is -1.90. The molecule has 32 heavy (non-hydrogen) atoms. The van der Waals surface area contributed by atoms with Crippen molar-refractivity contribution in [3.63, 3.8) is 0 Å². The Morgan fingerprint density at radius 2 is 0.906 bits per heavy atom. The van der Waals surface area contributed by atoms with Gasteiger partial charge in [0.2, 0.25) is 5.67 Å². The van der Waals surface area contributed by atoms with Crippen LogP contribution in [0.1, 0.15) is 12.0 Å². The monoisotopic (exact) mass is 494 g/mol. The molecule has 1 saturated carbocycles. The fourth-order valence-corrected chi connectivity index (χ4v) is 4.39. The summed E-state index contributed by atoms with van der Waals surface area (Å²) in [5.41, 5.74) is -6.04. The summed E-state index contributed by atoms with van der Waals surface area (Å²) in [6.07, 6.45) is -3.34. The first kappa shape index (κ1) is 24.7. The molecule has 0 aliphatic heterocycles. The lowest BCUT2D eigenvalue weighted by Crippen LogP contribution is -2.83. The van der Waals surface area contributed by atoms with Crippen molar-refractivity contribution < 1.29 is 48.3 Å². The van der Waals surface area contributed by atoms with Gasteiger partial charge in [-0.15, -0.1) is 0 Å². The molecule has 1 aliphatic carbocycles. The molecule has 1 atom stereocenters. The van der Waals surface area contributed by atoms with Gasteiger partial charge < -0.3 is 0 Å². The SMILES string of the molecule is FC1(F)C(F)(F)C(F)(F)C(F)(CCc2ccc(Pc3ccccc3)cc2)C(F)(F)C1(F)F. The van der Waals surface area contributed by atoms with Crippen LogP contribution in [-0.4, -0.2) is 35.3 Å². The van der Waals surface area contributed by atoms with E-state index < -0.39 is 48.1 Å². The minimum Gasteiger partial charge on any atom is -0.230 e. The normalized spacial score (nSPS) is 24.5. The van der Waals surface area contributed by atoms with Gasteiger partial charge in [-0.25, -0.2) is 4.39 Å². The maximum atomic E-state index is 14.7. The fraction of sp³-hybridized carbons (Fsp3) is 0.400. The van der Waals surface area contributed by atoms with Gasteiger partial charge in [0.15, 0.2) is 0 Å². The molecule has 3 rings (SSSR count). The van der Waals surface area contributed by atoms with Gasteiger partial charge in [0.1, 0.15) is 0 Å². The van der Waals surface area contributed by atoms with Gasteiger partial charge >= 0.3 is 29.6 Å². The van der Waals surface area contributed by atoms with Gasteiger partial charge in [-0.05, 0) is 29.0 Å². The lowest BCUT2D eigenvalue weighted by molar-refractivity contribution is -0.485. The van der Waals surface area contributed by atoms with E-state index in [-0.39, 0.29) is 14.1 Å². The molecule has 0 amide bonds. The summed E-state index contributed by atoms with van der Waals surface area (Å²) in [6, 6.07) is 14.2. The van der Waals surface area contributed by atoms with Crippen LogP contribution >= 0.6 is 8.58 Å². The zero-order valence-electron chi connectivity index (χ0n) is 15.8. The molecule has 0 saturated heterocycles. The minimum atomic E-state index is -7.18. The minimum absolute atomic E-state index is 0.112. The molecule has 1 aliphatic rings. The van der Waals surface area contributed by atoms with Crippen molar-refractivity contribution >= 4 is 19.2 Å². The number of rotatable bonds is 5. The quantitative estimate of drug-likeness (QED) is 0.346. The lowest BCUT2D eigenvalue weighted by atomic mass is 9.70. The van der Waals surface area contributed by atoms with Crippen molar-refractivity contribution in [2.45, 2.75) is 48.1 Å². The van der Waals surface area contributed by atoms with Gasteiger partial charge in [0.25, 0.3) is 0 Å². The van der Waals surface area contributed by atoms with E-state index in [2.05, 4.69) is 0 Å². The number of hydrogen-bond donors (Lipinski definition) is 0. The van der Waals surface area contributed by atoms with Gasteiger partial charge in [-0.3, -0.25) is 0 Å². The van der Waals surface area contributed by atoms with E-state index in [4.69, 9.17) is 0 Å². The third-order valence-electron chi connectivity index (χ3n) is 5.35. The Kier molecular flexibility index (Phi) is 5.85.